The standard InChI is InChI=1S/C22H42N2O2.C21H40N2O2.2C18H37NO2.C17H35NO2.C16H33NO2/c1-4-7-8-9-10-11-12-13-14-15-16-17-18-19-22(5-2,6-3)20-21(25)23-24-26-20;1-4-6-7-8-9-10-11-12-13-14-15-16-17-18-21(3,5-2)19-20(24)22-23-25-19;1-4-5-6-7-8-9-10-11-12-13-14-15-16-18(2,3)17(20)19-21;1-3-5-6-7-8-9-10-11-12-13-14-15-16-17(4-2)18(20)19-21;1-3-4-5-6-7-8-9-10-11-12-13-14-15-16(2)17(19)18-20;1-2-3-4-5-6-7-8-9-10-11-12-13-14-15-16(18)17-19/h20H,4-19H2,1-3H3;19H,4-18H2,1-3H3;21H,4-16H2,1-3H3,(H,19,20);17,21H,3-16H2,1-2H3,(H,19,20);16,20H,3-15H2,1-2H3,(H,18,19);19H,2-15H2,1H3,(H,17,18). The second-order valence-electron chi connectivity index (χ2n) is 40.9. The summed E-state index contributed by atoms with van der Waals surface area (Å²) in [7, 11) is 0. The van der Waals surface area contributed by atoms with Crippen LogP contribution in [0.1, 0.15) is 643 Å². The Bertz CT molecular complexity index is 2520. The van der Waals surface area contributed by atoms with E-state index < -0.39 is 17.6 Å². The first-order valence-corrected chi connectivity index (χ1v) is 57.1. The molecule has 0 bridgehead atoms. The van der Waals surface area contributed by atoms with E-state index in [1.807, 2.05) is 27.7 Å². The lowest BCUT2D eigenvalue weighted by Crippen LogP contribution is -2.38. The Kier molecular flexibility index (Phi) is 106. The van der Waals surface area contributed by atoms with Crippen molar-refractivity contribution in [3.8, 4) is 0 Å². The average Bonchev–Trinajstić information content (AvgIpc) is 1.64. The molecule has 0 fully saturated rings. The summed E-state index contributed by atoms with van der Waals surface area (Å²) in [6.07, 6.45) is 108. The van der Waals surface area contributed by atoms with Crippen molar-refractivity contribution in [2.75, 3.05) is 0 Å². The van der Waals surface area contributed by atoms with Crippen LogP contribution in [0.4, 0.5) is 0 Å². The van der Waals surface area contributed by atoms with Crippen molar-refractivity contribution in [3.63, 3.8) is 0 Å². The van der Waals surface area contributed by atoms with Crippen molar-refractivity contribution < 1.29 is 59.3 Å². The normalized spacial score (nSPS) is 14.2. The van der Waals surface area contributed by atoms with Gasteiger partial charge < -0.3 is 9.68 Å². The van der Waals surface area contributed by atoms with E-state index in [0.717, 1.165) is 96.3 Å². The molecule has 8 N–H and O–H groups in total. The summed E-state index contributed by atoms with van der Waals surface area (Å²) >= 11 is 0. The quantitative estimate of drug-likeness (QED) is 0.0160. The van der Waals surface area contributed by atoms with Crippen LogP contribution in [-0.4, -0.2) is 68.5 Å². The predicted octanol–water partition coefficient (Wildman–Crippen LogP) is 36.2. The lowest BCUT2D eigenvalue weighted by Gasteiger charge is -2.33. The van der Waals surface area contributed by atoms with Gasteiger partial charge in [-0.15, -0.1) is 0 Å². The molecule has 0 spiro atoms. The number of rotatable bonds is 90. The molecule has 5 unspecified atom stereocenters. The Labute approximate surface area is 815 Å². The molecule has 0 aromatic heterocycles. The summed E-state index contributed by atoms with van der Waals surface area (Å²) in [4.78, 5) is 78.6. The highest BCUT2D eigenvalue weighted by molar-refractivity contribution is 5.83. The minimum Gasteiger partial charge on any atom is -0.365 e. The first-order valence-electron chi connectivity index (χ1n) is 57.1. The van der Waals surface area contributed by atoms with Crippen LogP contribution in [0.2, 0.25) is 0 Å². The molecule has 2 rings (SSSR count). The summed E-state index contributed by atoms with van der Waals surface area (Å²) in [5.41, 5.74) is 6.26. The molecule has 784 valence electrons. The van der Waals surface area contributed by atoms with Crippen LogP contribution < -0.4 is 21.9 Å². The first kappa shape index (κ1) is 134. The maximum absolute atomic E-state index is 11.9. The number of carbonyl (C=O) groups excluding carboxylic acids is 6. The van der Waals surface area contributed by atoms with Crippen LogP contribution >= 0.6 is 0 Å². The number of unbranched alkanes of at least 4 members (excludes halogenated alkanes) is 69. The zero-order valence-corrected chi connectivity index (χ0v) is 89.8. The molecule has 0 aliphatic carbocycles. The van der Waals surface area contributed by atoms with Crippen LogP contribution in [-0.2, 0) is 38.4 Å². The molecular weight excluding hydrogens is 1650 g/mol. The Hall–Kier alpha value is -4.14. The highest BCUT2D eigenvalue weighted by Crippen LogP contribution is 2.41. The van der Waals surface area contributed by atoms with E-state index in [0.29, 0.717) is 6.42 Å². The number of hydrogen-bond acceptors (Lipinski definition) is 14. The van der Waals surface area contributed by atoms with Gasteiger partial charge in [0, 0.05) is 45.1 Å². The van der Waals surface area contributed by atoms with Gasteiger partial charge in [-0.3, -0.25) is 49.6 Å². The number of hydroxylamine groups is 4. The third-order valence-corrected chi connectivity index (χ3v) is 28.5. The Morgan fingerprint density at radius 3 is 0.788 bits per heavy atom. The van der Waals surface area contributed by atoms with E-state index in [-0.39, 0.29) is 58.1 Å². The molecule has 2 aliphatic heterocycles. The highest BCUT2D eigenvalue weighted by Gasteiger charge is 2.45. The Morgan fingerprint density at radius 2 is 0.545 bits per heavy atom. The van der Waals surface area contributed by atoms with E-state index in [1.165, 1.54) is 443 Å². The number of nitrogens with one attached hydrogen (secondary N) is 4. The highest BCUT2D eigenvalue weighted by atomic mass is 16.7. The van der Waals surface area contributed by atoms with Gasteiger partial charge in [-0.05, 0) is 64.2 Å². The fourth-order valence-corrected chi connectivity index (χ4v) is 18.3. The minimum atomic E-state index is -0.463. The molecule has 0 aromatic rings. The molecule has 20 heteroatoms. The van der Waals surface area contributed by atoms with Crippen molar-refractivity contribution in [1.29, 1.82) is 0 Å². The number of nitrogens with zero attached hydrogens (tertiary/aromatic N) is 4. The van der Waals surface area contributed by atoms with Gasteiger partial charge in [0.2, 0.25) is 35.8 Å². The second-order valence-corrected chi connectivity index (χ2v) is 40.9. The zero-order valence-electron chi connectivity index (χ0n) is 89.8. The molecule has 0 aromatic carbocycles. The molecule has 20 nitrogen and oxygen atoms in total. The molecule has 132 heavy (non-hydrogen) atoms. The van der Waals surface area contributed by atoms with Gasteiger partial charge in [-0.2, -0.15) is 0 Å². The van der Waals surface area contributed by atoms with E-state index in [2.05, 4.69) is 90.0 Å². The second kappa shape index (κ2) is 104. The minimum absolute atomic E-state index is 0.0156. The molecule has 2 aliphatic rings. The Morgan fingerprint density at radius 1 is 0.295 bits per heavy atom. The summed E-state index contributed by atoms with van der Waals surface area (Å²) in [6, 6.07) is 0. The van der Waals surface area contributed by atoms with E-state index >= 15 is 0 Å². The maximum atomic E-state index is 11.9. The summed E-state index contributed by atoms with van der Waals surface area (Å²) in [5, 5.41) is 48.1. The molecular formula is C112H224N8O12. The van der Waals surface area contributed by atoms with Crippen molar-refractivity contribution in [3.05, 3.63) is 0 Å². The number of amides is 6. The first-order chi connectivity index (χ1) is 64.2. The van der Waals surface area contributed by atoms with Gasteiger partial charge >= 0.3 is 11.8 Å². The van der Waals surface area contributed by atoms with E-state index in [4.69, 9.17) is 30.5 Å². The van der Waals surface area contributed by atoms with Crippen molar-refractivity contribution >= 4 is 35.4 Å². The molecule has 2 heterocycles. The summed E-state index contributed by atoms with van der Waals surface area (Å²) < 4.78 is 0. The number of carbonyl (C=O) groups is 6. The van der Waals surface area contributed by atoms with Gasteiger partial charge in [0.25, 0.3) is 0 Å². The van der Waals surface area contributed by atoms with Gasteiger partial charge in [0.15, 0.2) is 0 Å². The van der Waals surface area contributed by atoms with Crippen LogP contribution in [0.25, 0.3) is 0 Å². The number of hydrogen-bond donors (Lipinski definition) is 8. The SMILES string of the molecule is CCCCCCCCCCCCCCC(C)(C)C(=O)NO.CCCCCCCCCCCCCCC(C)C(=O)NO.CCCCCCCCCCCCCCC(CC)C(=O)NO.CCCCCCCCCCCCCCCC(=O)NO.CCCCCCCCCCCCCCCC(C)(CC)C1ON=NC1=O.CCCCCCCCCCCCCCCC(CC)(CC)C1ON=NC1=O. The van der Waals surface area contributed by atoms with Crippen LogP contribution in [0.3, 0.4) is 0 Å². The van der Waals surface area contributed by atoms with Gasteiger partial charge in [0.05, 0.1) is 0 Å². The smallest absolute Gasteiger partial charge is 0.311 e. The van der Waals surface area contributed by atoms with E-state index in [1.54, 1.807) is 21.9 Å². The lowest BCUT2D eigenvalue weighted by atomic mass is 9.73. The van der Waals surface area contributed by atoms with E-state index in [9.17, 15) is 28.8 Å². The molecule has 0 saturated carbocycles. The molecule has 0 radical (unpaired) electrons. The lowest BCUT2D eigenvalue weighted by molar-refractivity contribution is -0.138. The molecule has 0 saturated heterocycles. The van der Waals surface area contributed by atoms with Crippen molar-refractivity contribution in [1.82, 2.24) is 21.9 Å². The maximum Gasteiger partial charge on any atom is 0.311 e. The fraction of sp³-hybridized carbons (Fsp3) is 0.946. The topological polar surface area (TPSA) is 299 Å². The van der Waals surface area contributed by atoms with Gasteiger partial charge in [0.1, 0.15) is 0 Å². The summed E-state index contributed by atoms with van der Waals surface area (Å²) in [5.74, 6) is -1.49. The third-order valence-electron chi connectivity index (χ3n) is 28.5. The Balaban J connectivity index is -0.000000748. The van der Waals surface area contributed by atoms with Gasteiger partial charge in [-0.25, -0.2) is 21.9 Å². The van der Waals surface area contributed by atoms with Crippen LogP contribution in [0, 0.1) is 28.1 Å². The van der Waals surface area contributed by atoms with Crippen LogP contribution in [0.15, 0.2) is 20.8 Å². The fourth-order valence-electron chi connectivity index (χ4n) is 18.3. The molecule has 6 amide bonds. The largest absolute Gasteiger partial charge is 0.365 e. The monoisotopic (exact) mass is 1870 g/mol. The molecule has 5 atom stereocenters. The van der Waals surface area contributed by atoms with Crippen molar-refractivity contribution in [2.45, 2.75) is 655 Å². The van der Waals surface area contributed by atoms with Crippen molar-refractivity contribution in [2.24, 2.45) is 48.9 Å². The zero-order chi connectivity index (χ0) is 98.4. The van der Waals surface area contributed by atoms with Gasteiger partial charge in [-0.1, -0.05) is 582 Å². The van der Waals surface area contributed by atoms with Crippen LogP contribution in [0.5, 0.6) is 0 Å². The summed E-state index contributed by atoms with van der Waals surface area (Å²) in [6.45, 7) is 29.8. The predicted molar refractivity (Wildman–Crippen MR) is 555 cm³/mol. The average molecular weight is 1880 g/mol. The third kappa shape index (κ3) is 86.2.